The molecular formula is C19H21N5O4. The van der Waals surface area contributed by atoms with Crippen molar-refractivity contribution in [3.8, 4) is 17.0 Å². The number of amides is 1. The number of nitrogens with one attached hydrogen (secondary N) is 1. The van der Waals surface area contributed by atoms with Crippen LogP contribution in [0.25, 0.3) is 22.4 Å². The summed E-state index contributed by atoms with van der Waals surface area (Å²) in [5.74, 6) is 0.0836. The number of imidazole rings is 1. The van der Waals surface area contributed by atoms with Crippen LogP contribution in [0.2, 0.25) is 0 Å². The minimum Gasteiger partial charge on any atom is -0.507 e. The van der Waals surface area contributed by atoms with Crippen LogP contribution < -0.4 is 5.69 Å². The summed E-state index contributed by atoms with van der Waals surface area (Å²) in [6.07, 6.45) is -0.397. The summed E-state index contributed by atoms with van der Waals surface area (Å²) in [5, 5.41) is 18.2. The highest BCUT2D eigenvalue weighted by molar-refractivity contribution is 5.78. The molecule has 9 heteroatoms. The topological polar surface area (TPSA) is 113 Å². The van der Waals surface area contributed by atoms with Gasteiger partial charge in [0.1, 0.15) is 11.4 Å². The Morgan fingerprint density at radius 2 is 1.96 bits per heavy atom. The maximum Gasteiger partial charge on any atom is 0.410 e. The van der Waals surface area contributed by atoms with Gasteiger partial charge in [0.05, 0.1) is 17.3 Å². The number of hydrogen-bond donors (Lipinski definition) is 2. The largest absolute Gasteiger partial charge is 0.507 e. The van der Waals surface area contributed by atoms with Crippen LogP contribution in [0.15, 0.2) is 35.1 Å². The first-order valence-electron chi connectivity index (χ1n) is 8.97. The van der Waals surface area contributed by atoms with Crippen LogP contribution in [0, 0.1) is 0 Å². The van der Waals surface area contributed by atoms with Gasteiger partial charge in [0.2, 0.25) is 0 Å². The first-order chi connectivity index (χ1) is 13.2. The van der Waals surface area contributed by atoms with E-state index in [9.17, 15) is 14.7 Å². The average Bonchev–Trinajstić information content (AvgIpc) is 2.88. The van der Waals surface area contributed by atoms with E-state index in [1.54, 1.807) is 39.8 Å². The van der Waals surface area contributed by atoms with E-state index < -0.39 is 11.7 Å². The van der Waals surface area contributed by atoms with Crippen molar-refractivity contribution in [2.45, 2.75) is 32.4 Å². The van der Waals surface area contributed by atoms with E-state index in [1.807, 2.05) is 20.8 Å². The molecule has 1 saturated heterocycles. The number of aromatic hydroxyl groups is 1. The lowest BCUT2D eigenvalue weighted by molar-refractivity contribution is 0.00116. The average molecular weight is 383 g/mol. The second kappa shape index (κ2) is 6.36. The van der Waals surface area contributed by atoms with Gasteiger partial charge in [-0.25, -0.2) is 9.59 Å². The van der Waals surface area contributed by atoms with Crippen molar-refractivity contribution in [3.63, 3.8) is 0 Å². The Labute approximate surface area is 160 Å². The number of carbonyl (C=O) groups is 1. The zero-order valence-electron chi connectivity index (χ0n) is 15.8. The highest BCUT2D eigenvalue weighted by Gasteiger charge is 2.36. The van der Waals surface area contributed by atoms with Crippen LogP contribution in [0.4, 0.5) is 4.79 Å². The number of carbonyl (C=O) groups excluding carboxylic acids is 1. The van der Waals surface area contributed by atoms with E-state index in [0.29, 0.717) is 35.5 Å². The highest BCUT2D eigenvalue weighted by atomic mass is 16.6. The summed E-state index contributed by atoms with van der Waals surface area (Å²) in [4.78, 5) is 28.8. The molecule has 0 bridgehead atoms. The van der Waals surface area contributed by atoms with Gasteiger partial charge in [-0.15, -0.1) is 10.2 Å². The van der Waals surface area contributed by atoms with E-state index >= 15 is 0 Å². The van der Waals surface area contributed by atoms with Crippen LogP contribution >= 0.6 is 0 Å². The number of aromatic amines is 1. The van der Waals surface area contributed by atoms with E-state index in [1.165, 1.54) is 0 Å². The number of para-hydroxylation sites is 1. The van der Waals surface area contributed by atoms with Crippen LogP contribution in [0.1, 0.15) is 26.8 Å². The van der Waals surface area contributed by atoms with Crippen molar-refractivity contribution < 1.29 is 14.6 Å². The molecule has 1 aliphatic heterocycles. The molecule has 4 rings (SSSR count). The highest BCUT2D eigenvalue weighted by Crippen LogP contribution is 2.30. The molecule has 1 fully saturated rings. The second-order valence-electron chi connectivity index (χ2n) is 7.82. The third kappa shape index (κ3) is 3.19. The molecular weight excluding hydrogens is 362 g/mol. The molecule has 3 aromatic rings. The van der Waals surface area contributed by atoms with Gasteiger partial charge in [-0.05, 0) is 39.0 Å². The lowest BCUT2D eigenvalue weighted by Crippen LogP contribution is -2.53. The van der Waals surface area contributed by atoms with Gasteiger partial charge >= 0.3 is 11.8 Å². The fraction of sp³-hybridized carbons (Fsp3) is 0.368. The Bertz CT molecular complexity index is 1110. The van der Waals surface area contributed by atoms with Gasteiger partial charge in [-0.1, -0.05) is 12.1 Å². The minimum atomic E-state index is -0.567. The number of likely N-dealkylation sites (tertiary alicyclic amines) is 1. The van der Waals surface area contributed by atoms with Crippen molar-refractivity contribution in [3.05, 3.63) is 40.8 Å². The molecule has 28 heavy (non-hydrogen) atoms. The molecule has 146 valence electrons. The van der Waals surface area contributed by atoms with E-state index in [4.69, 9.17) is 4.74 Å². The zero-order valence-corrected chi connectivity index (χ0v) is 15.8. The number of ether oxygens (including phenoxy) is 1. The Hall–Kier alpha value is -3.36. The number of H-pyrrole nitrogens is 1. The number of phenolic OH excluding ortho intramolecular Hbond substituents is 1. The molecule has 1 aromatic carbocycles. The normalized spacial score (nSPS) is 14.9. The van der Waals surface area contributed by atoms with E-state index in [2.05, 4.69) is 15.2 Å². The van der Waals surface area contributed by atoms with Gasteiger partial charge < -0.3 is 14.7 Å². The first-order valence-corrected chi connectivity index (χ1v) is 8.97. The maximum atomic E-state index is 12.4. The number of nitrogens with zero attached hydrogens (tertiary/aromatic N) is 4. The molecule has 0 atom stereocenters. The molecule has 0 spiro atoms. The van der Waals surface area contributed by atoms with Gasteiger partial charge in [0, 0.05) is 18.7 Å². The van der Waals surface area contributed by atoms with E-state index in [-0.39, 0.29) is 17.5 Å². The van der Waals surface area contributed by atoms with Gasteiger partial charge in [0.25, 0.3) is 0 Å². The Morgan fingerprint density at radius 3 is 2.64 bits per heavy atom. The van der Waals surface area contributed by atoms with Crippen molar-refractivity contribution in [2.24, 2.45) is 0 Å². The predicted octanol–water partition coefficient (Wildman–Crippen LogP) is 2.28. The molecule has 2 aromatic heterocycles. The van der Waals surface area contributed by atoms with Crippen molar-refractivity contribution >= 4 is 17.3 Å². The third-order valence-electron chi connectivity index (χ3n) is 4.54. The first kappa shape index (κ1) is 18.0. The predicted molar refractivity (Wildman–Crippen MR) is 102 cm³/mol. The molecule has 0 radical (unpaired) electrons. The minimum absolute atomic E-state index is 0.0836. The molecule has 0 unspecified atom stereocenters. The SMILES string of the molecule is CC(C)(C)OC(=O)N1CC(n2c(=O)[nH]c3nnc(-c4ccccc4O)cc32)C1. The molecule has 1 aliphatic rings. The summed E-state index contributed by atoms with van der Waals surface area (Å²) in [6.45, 7) is 6.18. The van der Waals surface area contributed by atoms with E-state index in [0.717, 1.165) is 0 Å². The summed E-state index contributed by atoms with van der Waals surface area (Å²) in [5.41, 5.74) is 1.05. The smallest absolute Gasteiger partial charge is 0.410 e. The Morgan fingerprint density at radius 1 is 1.25 bits per heavy atom. The Kier molecular flexibility index (Phi) is 4.10. The van der Waals surface area contributed by atoms with Crippen molar-refractivity contribution in [2.75, 3.05) is 13.1 Å². The number of phenols is 1. The van der Waals surface area contributed by atoms with Crippen LogP contribution in [0.3, 0.4) is 0 Å². The molecule has 1 amide bonds. The Balaban J connectivity index is 1.63. The number of aromatic nitrogens is 4. The molecule has 0 saturated carbocycles. The third-order valence-corrected chi connectivity index (χ3v) is 4.54. The van der Waals surface area contributed by atoms with Crippen molar-refractivity contribution in [1.82, 2.24) is 24.6 Å². The summed E-state index contributed by atoms with van der Waals surface area (Å²) in [7, 11) is 0. The standard InChI is InChI=1S/C19H21N5O4/c1-19(2,3)28-18(27)23-9-11(10-23)24-14-8-13(12-6-4-5-7-15(12)25)21-22-16(14)20-17(24)26/h4-8,11,25H,9-10H2,1-3H3,(H,20,22,26). The summed E-state index contributed by atoms with van der Waals surface area (Å²) < 4.78 is 6.93. The second-order valence-corrected chi connectivity index (χ2v) is 7.82. The number of hydrogen-bond acceptors (Lipinski definition) is 6. The molecule has 3 heterocycles. The quantitative estimate of drug-likeness (QED) is 0.702. The summed E-state index contributed by atoms with van der Waals surface area (Å²) >= 11 is 0. The molecule has 0 aliphatic carbocycles. The van der Waals surface area contributed by atoms with Crippen molar-refractivity contribution in [1.29, 1.82) is 0 Å². The summed E-state index contributed by atoms with van der Waals surface area (Å²) in [6, 6.07) is 8.33. The van der Waals surface area contributed by atoms with Gasteiger partial charge in [0.15, 0.2) is 5.65 Å². The monoisotopic (exact) mass is 383 g/mol. The lowest BCUT2D eigenvalue weighted by Gasteiger charge is -2.40. The number of benzene rings is 1. The van der Waals surface area contributed by atoms with Gasteiger partial charge in [-0.2, -0.15) is 0 Å². The fourth-order valence-corrected chi connectivity index (χ4v) is 3.20. The fourth-order valence-electron chi connectivity index (χ4n) is 3.20. The lowest BCUT2D eigenvalue weighted by atomic mass is 10.1. The molecule has 9 nitrogen and oxygen atoms in total. The number of rotatable bonds is 2. The molecule has 2 N–H and O–H groups in total. The zero-order chi connectivity index (χ0) is 20.1. The van der Waals surface area contributed by atoms with Crippen LogP contribution in [0.5, 0.6) is 5.75 Å². The van der Waals surface area contributed by atoms with Crippen LogP contribution in [-0.4, -0.2) is 54.5 Å². The van der Waals surface area contributed by atoms with Gasteiger partial charge in [-0.3, -0.25) is 9.55 Å². The van der Waals surface area contributed by atoms with Crippen LogP contribution in [-0.2, 0) is 4.74 Å². The maximum absolute atomic E-state index is 12.4. The number of fused-ring (bicyclic) bond motifs is 1.